The number of aliphatic hydroxyl groups is 1. The zero-order valence-corrected chi connectivity index (χ0v) is 12.2. The van der Waals surface area contributed by atoms with Crippen molar-refractivity contribution in [1.82, 2.24) is 5.32 Å². The number of hydrogen-bond acceptors (Lipinski definition) is 3. The second kappa shape index (κ2) is 7.49. The first kappa shape index (κ1) is 15.1. The van der Waals surface area contributed by atoms with E-state index in [2.05, 4.69) is 5.32 Å². The van der Waals surface area contributed by atoms with Crippen LogP contribution in [0, 0.1) is 0 Å². The quantitative estimate of drug-likeness (QED) is 0.788. The molecule has 5 heteroatoms. The van der Waals surface area contributed by atoms with Gasteiger partial charge in [0.05, 0.1) is 11.1 Å². The van der Waals surface area contributed by atoms with Gasteiger partial charge in [0.15, 0.2) is 0 Å². The molecule has 17 heavy (non-hydrogen) atoms. The van der Waals surface area contributed by atoms with Crippen molar-refractivity contribution in [3.8, 4) is 0 Å². The van der Waals surface area contributed by atoms with Crippen LogP contribution in [0.2, 0.25) is 10.0 Å². The van der Waals surface area contributed by atoms with Crippen LogP contribution < -0.4 is 5.32 Å². The number of rotatable bonds is 6. The molecule has 0 radical (unpaired) electrons. The summed E-state index contributed by atoms with van der Waals surface area (Å²) < 4.78 is 0. The molecule has 0 heterocycles. The number of benzene rings is 1. The molecule has 96 valence electrons. The summed E-state index contributed by atoms with van der Waals surface area (Å²) in [7, 11) is 0. The molecule has 2 N–H and O–H groups in total. The van der Waals surface area contributed by atoms with Crippen molar-refractivity contribution in [2.24, 2.45) is 0 Å². The Morgan fingerprint density at radius 3 is 2.71 bits per heavy atom. The lowest BCUT2D eigenvalue weighted by Crippen LogP contribution is -2.33. The summed E-state index contributed by atoms with van der Waals surface area (Å²) in [5, 5.41) is 14.3. The lowest BCUT2D eigenvalue weighted by Gasteiger charge is -2.14. The zero-order valence-electron chi connectivity index (χ0n) is 9.91. The van der Waals surface area contributed by atoms with Crippen LogP contribution in [-0.2, 0) is 0 Å². The molecule has 2 nitrogen and oxygen atoms in total. The number of nitrogens with one attached hydrogen (secondary N) is 1. The van der Waals surface area contributed by atoms with Crippen LogP contribution in [0.1, 0.15) is 13.8 Å². The molecule has 0 aliphatic rings. The summed E-state index contributed by atoms with van der Waals surface area (Å²) in [4.78, 5) is 0.905. The fraction of sp³-hybridized carbons (Fsp3) is 0.500. The Balaban J connectivity index is 2.41. The van der Waals surface area contributed by atoms with E-state index in [4.69, 9.17) is 23.2 Å². The number of halogens is 2. The molecular formula is C12H17Cl2NOS. The molecule has 0 bridgehead atoms. The van der Waals surface area contributed by atoms with Gasteiger partial charge in [-0.25, -0.2) is 0 Å². The largest absolute Gasteiger partial charge is 0.391 e. The lowest BCUT2D eigenvalue weighted by molar-refractivity contribution is 0.192. The molecule has 1 aromatic carbocycles. The van der Waals surface area contributed by atoms with Gasteiger partial charge in [-0.15, -0.1) is 11.8 Å². The second-order valence-corrected chi connectivity index (χ2v) is 6.01. The molecule has 0 saturated carbocycles. The summed E-state index contributed by atoms with van der Waals surface area (Å²) in [5.74, 6) is 0.597. The number of aliphatic hydroxyl groups excluding tert-OH is 1. The fourth-order valence-corrected chi connectivity index (χ4v) is 2.63. The van der Waals surface area contributed by atoms with Crippen molar-refractivity contribution < 1.29 is 5.11 Å². The van der Waals surface area contributed by atoms with Crippen LogP contribution in [0.5, 0.6) is 0 Å². The molecule has 1 rings (SSSR count). The molecule has 0 spiro atoms. The van der Waals surface area contributed by atoms with Crippen molar-refractivity contribution in [3.63, 3.8) is 0 Å². The summed E-state index contributed by atoms with van der Waals surface area (Å²) >= 11 is 13.4. The summed E-state index contributed by atoms with van der Waals surface area (Å²) in [6, 6.07) is 5.72. The Morgan fingerprint density at radius 2 is 2.06 bits per heavy atom. The summed E-state index contributed by atoms with van der Waals surface area (Å²) in [5.41, 5.74) is 0. The van der Waals surface area contributed by atoms with Gasteiger partial charge in [0.25, 0.3) is 0 Å². The molecule has 1 unspecified atom stereocenters. The van der Waals surface area contributed by atoms with E-state index in [0.29, 0.717) is 28.4 Å². The van der Waals surface area contributed by atoms with E-state index < -0.39 is 6.10 Å². The molecule has 0 saturated heterocycles. The van der Waals surface area contributed by atoms with E-state index in [-0.39, 0.29) is 0 Å². The first-order valence-electron chi connectivity index (χ1n) is 5.48. The van der Waals surface area contributed by atoms with Gasteiger partial charge in [-0.2, -0.15) is 0 Å². The van der Waals surface area contributed by atoms with Crippen LogP contribution in [0.25, 0.3) is 0 Å². The van der Waals surface area contributed by atoms with Gasteiger partial charge in [-0.1, -0.05) is 37.0 Å². The molecule has 1 aromatic rings. The van der Waals surface area contributed by atoms with Gasteiger partial charge in [-0.3, -0.25) is 0 Å². The number of hydrogen-bond donors (Lipinski definition) is 2. The molecule has 0 fully saturated rings. The fourth-order valence-electron chi connectivity index (χ4n) is 1.20. The molecular weight excluding hydrogens is 277 g/mol. The monoisotopic (exact) mass is 293 g/mol. The average Bonchev–Trinajstić information content (AvgIpc) is 2.27. The highest BCUT2D eigenvalue weighted by Gasteiger charge is 2.08. The van der Waals surface area contributed by atoms with Crippen molar-refractivity contribution in [2.45, 2.75) is 30.9 Å². The minimum Gasteiger partial charge on any atom is -0.391 e. The zero-order chi connectivity index (χ0) is 12.8. The van der Waals surface area contributed by atoms with Crippen molar-refractivity contribution in [1.29, 1.82) is 0 Å². The highest BCUT2D eigenvalue weighted by molar-refractivity contribution is 7.99. The van der Waals surface area contributed by atoms with Crippen molar-refractivity contribution in [2.75, 3.05) is 12.3 Å². The minimum absolute atomic E-state index is 0.379. The Bertz CT molecular complexity index is 360. The Morgan fingerprint density at radius 1 is 1.35 bits per heavy atom. The van der Waals surface area contributed by atoms with Crippen molar-refractivity contribution >= 4 is 35.0 Å². The standard InChI is InChI=1S/C12H17Cl2NOS/c1-8(2)15-6-10(16)7-17-12-5-9(13)3-4-11(12)14/h3-5,8,10,15-16H,6-7H2,1-2H3. The van der Waals surface area contributed by atoms with Crippen LogP contribution in [0.4, 0.5) is 0 Å². The lowest BCUT2D eigenvalue weighted by atomic mass is 10.3. The maximum atomic E-state index is 9.76. The first-order chi connectivity index (χ1) is 7.99. The Hall–Kier alpha value is 0.0700. The minimum atomic E-state index is -0.391. The van der Waals surface area contributed by atoms with E-state index >= 15 is 0 Å². The Kier molecular flexibility index (Phi) is 6.67. The molecule has 0 aliphatic carbocycles. The SMILES string of the molecule is CC(C)NCC(O)CSc1cc(Cl)ccc1Cl. The third-order valence-electron chi connectivity index (χ3n) is 2.09. The predicted octanol–water partition coefficient (Wildman–Crippen LogP) is 3.44. The van der Waals surface area contributed by atoms with Gasteiger partial charge in [0.2, 0.25) is 0 Å². The van der Waals surface area contributed by atoms with Gasteiger partial charge in [0, 0.05) is 28.3 Å². The molecule has 0 amide bonds. The van der Waals surface area contributed by atoms with Crippen molar-refractivity contribution in [3.05, 3.63) is 28.2 Å². The van der Waals surface area contributed by atoms with E-state index in [1.807, 2.05) is 19.9 Å². The van der Waals surface area contributed by atoms with Crippen LogP contribution in [-0.4, -0.2) is 29.5 Å². The molecule has 1 atom stereocenters. The number of thioether (sulfide) groups is 1. The van der Waals surface area contributed by atoms with E-state index in [1.54, 1.807) is 12.1 Å². The topological polar surface area (TPSA) is 32.3 Å². The molecule has 0 aliphatic heterocycles. The summed E-state index contributed by atoms with van der Waals surface area (Å²) in [6.45, 7) is 4.68. The highest BCUT2D eigenvalue weighted by Crippen LogP contribution is 2.30. The first-order valence-corrected chi connectivity index (χ1v) is 7.22. The van der Waals surface area contributed by atoms with Gasteiger partial charge in [0.1, 0.15) is 0 Å². The summed E-state index contributed by atoms with van der Waals surface area (Å²) in [6.07, 6.45) is -0.391. The van der Waals surface area contributed by atoms with Crippen LogP contribution in [0.3, 0.4) is 0 Å². The van der Waals surface area contributed by atoms with Gasteiger partial charge in [-0.05, 0) is 18.2 Å². The Labute approximate surface area is 117 Å². The predicted molar refractivity (Wildman–Crippen MR) is 76.3 cm³/mol. The maximum Gasteiger partial charge on any atom is 0.0758 e. The van der Waals surface area contributed by atoms with Gasteiger partial charge >= 0.3 is 0 Å². The van der Waals surface area contributed by atoms with Gasteiger partial charge < -0.3 is 10.4 Å². The second-order valence-electron chi connectivity index (χ2n) is 4.10. The van der Waals surface area contributed by atoms with Crippen LogP contribution in [0.15, 0.2) is 23.1 Å². The normalized spacial score (nSPS) is 13.1. The molecule has 0 aromatic heterocycles. The van der Waals surface area contributed by atoms with E-state index in [1.165, 1.54) is 11.8 Å². The third-order valence-corrected chi connectivity index (χ3v) is 3.96. The smallest absolute Gasteiger partial charge is 0.0758 e. The van der Waals surface area contributed by atoms with Crippen LogP contribution >= 0.6 is 35.0 Å². The third kappa shape index (κ3) is 5.98. The highest BCUT2D eigenvalue weighted by atomic mass is 35.5. The average molecular weight is 294 g/mol. The van der Waals surface area contributed by atoms with E-state index in [9.17, 15) is 5.11 Å². The maximum absolute atomic E-state index is 9.76. The van der Waals surface area contributed by atoms with E-state index in [0.717, 1.165) is 4.90 Å².